The van der Waals surface area contributed by atoms with Crippen LogP contribution >= 0.6 is 0 Å². The molecule has 3 rings (SSSR count). The molecule has 3 saturated carbocycles. The molecule has 0 heterocycles. The molecule has 3 fully saturated rings. The molecule has 3 aliphatic carbocycles. The average molecular weight is 587 g/mol. The predicted molar refractivity (Wildman–Crippen MR) is 82.5 cm³/mol. The van der Waals surface area contributed by atoms with Crippen molar-refractivity contribution in [3.63, 3.8) is 0 Å². The maximum Gasteiger partial charge on any atom is 0 e. The first kappa shape index (κ1) is 21.2. The normalized spacial score (nSPS) is 38.1. The second kappa shape index (κ2) is 10.9. The minimum Gasteiger partial charge on any atom is -0.340 e. The fraction of sp³-hybridized carbons (Fsp3) is 0.895. The molecule has 3 aliphatic rings. The Morgan fingerprint density at radius 3 is 1.33 bits per heavy atom. The van der Waals surface area contributed by atoms with Crippen molar-refractivity contribution in [3.8, 4) is 0 Å². The van der Waals surface area contributed by atoms with Crippen LogP contribution in [0.5, 0.6) is 0 Å². The first-order chi connectivity index (χ1) is 9.33. The maximum absolute atomic E-state index is 4.25. The summed E-state index contributed by atoms with van der Waals surface area (Å²) < 4.78 is 0. The molecule has 2 heteroatoms. The molecule has 0 nitrogen and oxygen atoms in total. The second-order valence-corrected chi connectivity index (χ2v) is 7.66. The Morgan fingerprint density at radius 2 is 0.905 bits per heavy atom. The largest absolute Gasteiger partial charge is 0.340 e. The van der Waals surface area contributed by atoms with Gasteiger partial charge in [-0.15, -0.1) is 0 Å². The zero-order chi connectivity index (χ0) is 13.1. The molecule has 0 spiro atoms. The number of hydrogen-bond acceptors (Lipinski definition) is 0. The summed E-state index contributed by atoms with van der Waals surface area (Å²) in [5.41, 5.74) is 0. The van der Waals surface area contributed by atoms with Crippen LogP contribution in [0.2, 0.25) is 0 Å². The van der Waals surface area contributed by atoms with E-state index in [0.29, 0.717) is 0 Å². The Labute approximate surface area is 182 Å². The standard InChI is InChI=1S/C19H32.U.Y/c1-15-7-9-17(10-8-15)19-13-11-18(12-14-19)16-5-3-2-4-6-16;;/h2,15-19H,1,3-14H2;;/q-2;;. The van der Waals surface area contributed by atoms with E-state index >= 15 is 0 Å². The Morgan fingerprint density at radius 1 is 0.571 bits per heavy atom. The van der Waals surface area contributed by atoms with E-state index < -0.39 is 0 Å². The van der Waals surface area contributed by atoms with Crippen molar-refractivity contribution in [1.29, 1.82) is 0 Å². The summed E-state index contributed by atoms with van der Waals surface area (Å²) in [6.45, 7) is 4.25. The van der Waals surface area contributed by atoms with Crippen molar-refractivity contribution in [3.05, 3.63) is 13.3 Å². The molecule has 0 aromatic rings. The molecule has 0 saturated heterocycles. The summed E-state index contributed by atoms with van der Waals surface area (Å²) in [5, 5.41) is 0. The van der Waals surface area contributed by atoms with Crippen LogP contribution in [0.25, 0.3) is 0 Å². The minimum atomic E-state index is 0. The molecule has 0 aromatic heterocycles. The van der Waals surface area contributed by atoms with Crippen LogP contribution in [0.4, 0.5) is 0 Å². The molecular formula is C19H32UY-2. The molecule has 0 atom stereocenters. The van der Waals surface area contributed by atoms with Crippen molar-refractivity contribution in [2.24, 2.45) is 29.6 Å². The van der Waals surface area contributed by atoms with Crippen molar-refractivity contribution in [2.45, 2.75) is 77.0 Å². The third-order valence-electron chi connectivity index (χ3n) is 6.52. The third kappa shape index (κ3) is 6.18. The Bertz CT molecular complexity index is 259. The van der Waals surface area contributed by atoms with Crippen LogP contribution in [0.15, 0.2) is 0 Å². The zero-order valence-electron chi connectivity index (χ0n) is 13.7. The van der Waals surface area contributed by atoms with Gasteiger partial charge in [-0.1, -0.05) is 38.5 Å². The smallest absolute Gasteiger partial charge is 0 e. The van der Waals surface area contributed by atoms with E-state index in [4.69, 9.17) is 0 Å². The fourth-order valence-electron chi connectivity index (χ4n) is 5.17. The van der Waals surface area contributed by atoms with E-state index in [1.54, 1.807) is 25.7 Å². The molecule has 0 aliphatic heterocycles. The molecule has 117 valence electrons. The van der Waals surface area contributed by atoms with Crippen LogP contribution in [0.3, 0.4) is 0 Å². The molecule has 1 radical (unpaired) electrons. The van der Waals surface area contributed by atoms with Crippen molar-refractivity contribution >= 4 is 0 Å². The van der Waals surface area contributed by atoms with Crippen molar-refractivity contribution in [2.75, 3.05) is 0 Å². The van der Waals surface area contributed by atoms with Crippen LogP contribution < -0.4 is 0 Å². The van der Waals surface area contributed by atoms with Gasteiger partial charge in [0.2, 0.25) is 0 Å². The van der Waals surface area contributed by atoms with E-state index in [1.165, 1.54) is 51.4 Å². The SMILES string of the molecule is [CH2-]C1CCC(C2CCC(C3CC[CH-]CC3)CC2)CC1.[U].[Y]. The summed E-state index contributed by atoms with van der Waals surface area (Å²) in [6, 6.07) is 0. The summed E-state index contributed by atoms with van der Waals surface area (Å²) >= 11 is 0. The molecule has 0 unspecified atom stereocenters. The van der Waals surface area contributed by atoms with E-state index in [0.717, 1.165) is 29.6 Å². The van der Waals surface area contributed by atoms with Gasteiger partial charge < -0.3 is 13.3 Å². The second-order valence-electron chi connectivity index (χ2n) is 7.66. The van der Waals surface area contributed by atoms with Crippen LogP contribution in [-0.4, -0.2) is 0 Å². The molecule has 0 N–H and O–H groups in total. The maximum atomic E-state index is 4.25. The van der Waals surface area contributed by atoms with Gasteiger partial charge in [-0.05, 0) is 49.4 Å². The Kier molecular flexibility index (Phi) is 11.0. The van der Waals surface area contributed by atoms with Gasteiger partial charge in [-0.2, -0.15) is 18.8 Å². The Hall–Kier alpha value is 2.16. The number of rotatable bonds is 2. The van der Waals surface area contributed by atoms with Gasteiger partial charge in [-0.3, -0.25) is 0 Å². The van der Waals surface area contributed by atoms with Crippen molar-refractivity contribution in [1.82, 2.24) is 0 Å². The van der Waals surface area contributed by atoms with Gasteiger partial charge in [-0.25, -0.2) is 0 Å². The predicted octanol–water partition coefficient (Wildman–Crippen LogP) is 5.83. The van der Waals surface area contributed by atoms with Crippen LogP contribution in [-0.2, 0) is 32.7 Å². The molecule has 0 amide bonds. The molecular weight excluding hydrogens is 555 g/mol. The van der Waals surface area contributed by atoms with Crippen LogP contribution in [0, 0.1) is 74.0 Å². The summed E-state index contributed by atoms with van der Waals surface area (Å²) in [5.74, 6) is 5.10. The topological polar surface area (TPSA) is 0 Å². The van der Waals surface area contributed by atoms with Gasteiger partial charge >= 0.3 is 0 Å². The van der Waals surface area contributed by atoms with E-state index in [1.807, 2.05) is 0 Å². The average Bonchev–Trinajstić information content (AvgIpc) is 2.49. The third-order valence-corrected chi connectivity index (χ3v) is 6.52. The van der Waals surface area contributed by atoms with Gasteiger partial charge in [0.25, 0.3) is 0 Å². The first-order valence-electron chi connectivity index (χ1n) is 8.97. The summed E-state index contributed by atoms with van der Waals surface area (Å²) in [4.78, 5) is 0. The molecule has 0 aromatic carbocycles. The van der Waals surface area contributed by atoms with Gasteiger partial charge in [0.1, 0.15) is 0 Å². The quantitative estimate of drug-likeness (QED) is 0.357. The minimum absolute atomic E-state index is 0. The Balaban J connectivity index is 0.00000110. The zero-order valence-corrected chi connectivity index (χ0v) is 20.7. The van der Waals surface area contributed by atoms with Gasteiger partial charge in [0.15, 0.2) is 0 Å². The van der Waals surface area contributed by atoms with Gasteiger partial charge in [0.05, 0.1) is 0 Å². The number of hydrogen-bond donors (Lipinski definition) is 0. The van der Waals surface area contributed by atoms with Crippen molar-refractivity contribution < 1.29 is 63.8 Å². The molecule has 0 bridgehead atoms. The van der Waals surface area contributed by atoms with Gasteiger partial charge in [0, 0.05) is 63.8 Å². The van der Waals surface area contributed by atoms with Crippen LogP contribution in [0.1, 0.15) is 77.0 Å². The summed E-state index contributed by atoms with van der Waals surface area (Å²) in [7, 11) is 0. The van der Waals surface area contributed by atoms with E-state index in [9.17, 15) is 0 Å². The molecule has 21 heavy (non-hydrogen) atoms. The fourth-order valence-corrected chi connectivity index (χ4v) is 5.17. The monoisotopic (exact) mass is 587 g/mol. The van der Waals surface area contributed by atoms with E-state index in [-0.39, 0.29) is 63.8 Å². The van der Waals surface area contributed by atoms with E-state index in [2.05, 4.69) is 13.3 Å². The summed E-state index contributed by atoms with van der Waals surface area (Å²) in [6.07, 6.45) is 20.3. The first-order valence-corrected chi connectivity index (χ1v) is 8.97.